The second-order valence-electron chi connectivity index (χ2n) is 4.72. The molecule has 1 fully saturated rings. The summed E-state index contributed by atoms with van der Waals surface area (Å²) in [5.74, 6) is 1.22. The van der Waals surface area contributed by atoms with Crippen molar-refractivity contribution in [2.45, 2.75) is 25.8 Å². The quantitative estimate of drug-likeness (QED) is 0.853. The standard InChI is InChI=1S/C13H17ClFN/c1-8-5-10(8)13(16-2)7-9-3-4-11(14)12(15)6-9/h3-4,6,8,10,13,16H,5,7H2,1-2H3. The van der Waals surface area contributed by atoms with Crippen LogP contribution in [0.2, 0.25) is 5.02 Å². The van der Waals surface area contributed by atoms with E-state index < -0.39 is 0 Å². The molecule has 0 amide bonds. The van der Waals surface area contributed by atoms with Crippen LogP contribution < -0.4 is 5.32 Å². The third kappa shape index (κ3) is 2.55. The maximum Gasteiger partial charge on any atom is 0.142 e. The number of nitrogens with one attached hydrogen (secondary N) is 1. The lowest BCUT2D eigenvalue weighted by molar-refractivity contribution is 0.478. The molecule has 2 rings (SSSR count). The summed E-state index contributed by atoms with van der Waals surface area (Å²) in [6, 6.07) is 5.54. The number of hydrogen-bond acceptors (Lipinski definition) is 1. The molecule has 3 heteroatoms. The molecule has 0 aliphatic heterocycles. The van der Waals surface area contributed by atoms with Crippen molar-refractivity contribution in [3.05, 3.63) is 34.6 Å². The van der Waals surface area contributed by atoms with Crippen LogP contribution in [0.5, 0.6) is 0 Å². The van der Waals surface area contributed by atoms with Crippen LogP contribution in [0.25, 0.3) is 0 Å². The first-order valence-corrected chi connectivity index (χ1v) is 6.10. The third-order valence-electron chi connectivity index (χ3n) is 3.50. The van der Waals surface area contributed by atoms with E-state index in [1.165, 1.54) is 6.42 Å². The highest BCUT2D eigenvalue weighted by Gasteiger charge is 2.38. The molecule has 1 aliphatic carbocycles. The molecule has 1 N–H and O–H groups in total. The fourth-order valence-electron chi connectivity index (χ4n) is 2.30. The first-order chi connectivity index (χ1) is 7.61. The van der Waals surface area contributed by atoms with E-state index in [9.17, 15) is 4.39 Å². The van der Waals surface area contributed by atoms with E-state index in [2.05, 4.69) is 12.2 Å². The van der Waals surface area contributed by atoms with Gasteiger partial charge in [-0.3, -0.25) is 0 Å². The molecular weight excluding hydrogens is 225 g/mol. The Morgan fingerprint density at radius 1 is 1.56 bits per heavy atom. The van der Waals surface area contributed by atoms with Crippen LogP contribution in [0.3, 0.4) is 0 Å². The predicted molar refractivity (Wildman–Crippen MR) is 65.2 cm³/mol. The minimum Gasteiger partial charge on any atom is -0.316 e. The Bertz CT molecular complexity index is 380. The number of benzene rings is 1. The van der Waals surface area contributed by atoms with Crippen molar-refractivity contribution in [1.29, 1.82) is 0 Å². The predicted octanol–water partition coefficient (Wildman–Crippen LogP) is 3.27. The largest absolute Gasteiger partial charge is 0.316 e. The second-order valence-corrected chi connectivity index (χ2v) is 5.13. The van der Waals surface area contributed by atoms with Crippen molar-refractivity contribution < 1.29 is 4.39 Å². The van der Waals surface area contributed by atoms with Crippen molar-refractivity contribution in [1.82, 2.24) is 5.32 Å². The van der Waals surface area contributed by atoms with Crippen molar-refractivity contribution in [3.8, 4) is 0 Å². The summed E-state index contributed by atoms with van der Waals surface area (Å²) in [4.78, 5) is 0. The Morgan fingerprint density at radius 3 is 2.75 bits per heavy atom. The van der Waals surface area contributed by atoms with E-state index in [0.717, 1.165) is 23.8 Å². The summed E-state index contributed by atoms with van der Waals surface area (Å²) in [6.07, 6.45) is 2.15. The Labute approximate surface area is 101 Å². The van der Waals surface area contributed by atoms with Gasteiger partial charge in [0, 0.05) is 6.04 Å². The number of hydrogen-bond donors (Lipinski definition) is 1. The van der Waals surface area contributed by atoms with Gasteiger partial charge >= 0.3 is 0 Å². The van der Waals surface area contributed by atoms with Gasteiger partial charge in [-0.25, -0.2) is 4.39 Å². The highest BCUT2D eigenvalue weighted by Crippen LogP contribution is 2.41. The van der Waals surface area contributed by atoms with Crippen molar-refractivity contribution in [3.63, 3.8) is 0 Å². The van der Waals surface area contributed by atoms with Gasteiger partial charge in [0.15, 0.2) is 0 Å². The lowest BCUT2D eigenvalue weighted by Crippen LogP contribution is -2.30. The molecule has 3 atom stereocenters. The van der Waals surface area contributed by atoms with Gasteiger partial charge in [0.25, 0.3) is 0 Å². The number of likely N-dealkylation sites (N-methyl/N-ethyl adjacent to an activating group) is 1. The summed E-state index contributed by atoms with van der Waals surface area (Å²) in [6.45, 7) is 2.26. The maximum atomic E-state index is 13.3. The van der Waals surface area contributed by atoms with Gasteiger partial charge in [0.05, 0.1) is 5.02 Å². The molecule has 0 aromatic heterocycles. The lowest BCUT2D eigenvalue weighted by atomic mass is 10.0. The van der Waals surface area contributed by atoms with Gasteiger partial charge in [0.2, 0.25) is 0 Å². The number of rotatable bonds is 4. The van der Waals surface area contributed by atoms with E-state index in [4.69, 9.17) is 11.6 Å². The van der Waals surface area contributed by atoms with E-state index in [0.29, 0.717) is 6.04 Å². The topological polar surface area (TPSA) is 12.0 Å². The van der Waals surface area contributed by atoms with Crippen LogP contribution in [0.1, 0.15) is 18.9 Å². The fourth-order valence-corrected chi connectivity index (χ4v) is 2.42. The molecule has 0 spiro atoms. The highest BCUT2D eigenvalue weighted by atomic mass is 35.5. The molecule has 0 saturated heterocycles. The zero-order valence-corrected chi connectivity index (χ0v) is 10.4. The van der Waals surface area contributed by atoms with Crippen LogP contribution in [-0.2, 0) is 6.42 Å². The first kappa shape index (κ1) is 11.9. The second kappa shape index (κ2) is 4.72. The van der Waals surface area contributed by atoms with Gasteiger partial charge < -0.3 is 5.32 Å². The van der Waals surface area contributed by atoms with Gasteiger partial charge in [-0.05, 0) is 49.4 Å². The van der Waals surface area contributed by atoms with Gasteiger partial charge in [-0.15, -0.1) is 0 Å². The van der Waals surface area contributed by atoms with E-state index in [1.807, 2.05) is 13.1 Å². The van der Waals surface area contributed by atoms with E-state index in [-0.39, 0.29) is 10.8 Å². The Kier molecular flexibility index (Phi) is 3.50. The van der Waals surface area contributed by atoms with Crippen molar-refractivity contribution in [2.24, 2.45) is 11.8 Å². The summed E-state index contributed by atoms with van der Waals surface area (Å²) >= 11 is 5.66. The van der Waals surface area contributed by atoms with E-state index >= 15 is 0 Å². The molecule has 1 aliphatic rings. The molecule has 1 aromatic carbocycles. The Hall–Kier alpha value is -0.600. The molecule has 0 heterocycles. The van der Waals surface area contributed by atoms with E-state index in [1.54, 1.807) is 12.1 Å². The molecule has 1 aromatic rings. The van der Waals surface area contributed by atoms with Crippen LogP contribution in [0, 0.1) is 17.7 Å². The number of halogens is 2. The summed E-state index contributed by atoms with van der Waals surface area (Å²) < 4.78 is 13.3. The Morgan fingerprint density at radius 2 is 2.25 bits per heavy atom. The summed E-state index contributed by atoms with van der Waals surface area (Å²) in [7, 11) is 1.97. The van der Waals surface area contributed by atoms with Gasteiger partial charge in [-0.2, -0.15) is 0 Å². The maximum absolute atomic E-state index is 13.3. The van der Waals surface area contributed by atoms with Gasteiger partial charge in [-0.1, -0.05) is 24.6 Å². The third-order valence-corrected chi connectivity index (χ3v) is 3.81. The monoisotopic (exact) mass is 241 g/mol. The molecule has 0 bridgehead atoms. The average Bonchev–Trinajstić information content (AvgIpc) is 2.97. The van der Waals surface area contributed by atoms with Gasteiger partial charge in [0.1, 0.15) is 5.82 Å². The molecule has 3 unspecified atom stereocenters. The van der Waals surface area contributed by atoms with Crippen LogP contribution >= 0.6 is 11.6 Å². The molecular formula is C13H17ClFN. The lowest BCUT2D eigenvalue weighted by Gasteiger charge is -2.16. The molecule has 88 valence electrons. The first-order valence-electron chi connectivity index (χ1n) is 5.73. The normalized spacial score (nSPS) is 25.5. The molecule has 0 radical (unpaired) electrons. The fraction of sp³-hybridized carbons (Fsp3) is 0.538. The Balaban J connectivity index is 2.04. The molecule has 1 nitrogen and oxygen atoms in total. The molecule has 1 saturated carbocycles. The van der Waals surface area contributed by atoms with Crippen molar-refractivity contribution >= 4 is 11.6 Å². The van der Waals surface area contributed by atoms with Crippen molar-refractivity contribution in [2.75, 3.05) is 7.05 Å². The minimum absolute atomic E-state index is 0.199. The zero-order chi connectivity index (χ0) is 11.7. The SMILES string of the molecule is CNC(Cc1ccc(Cl)c(F)c1)C1CC1C. The minimum atomic E-state index is -0.321. The summed E-state index contributed by atoms with van der Waals surface area (Å²) in [5.41, 5.74) is 1.01. The smallest absolute Gasteiger partial charge is 0.142 e. The summed E-state index contributed by atoms with van der Waals surface area (Å²) in [5, 5.41) is 3.52. The zero-order valence-electron chi connectivity index (χ0n) is 9.63. The van der Waals surface area contributed by atoms with Crippen LogP contribution in [0.15, 0.2) is 18.2 Å². The highest BCUT2D eigenvalue weighted by molar-refractivity contribution is 6.30. The molecule has 16 heavy (non-hydrogen) atoms. The average molecular weight is 242 g/mol. The van der Waals surface area contributed by atoms with Crippen LogP contribution in [0.4, 0.5) is 4.39 Å². The van der Waals surface area contributed by atoms with Crippen LogP contribution in [-0.4, -0.2) is 13.1 Å².